The van der Waals surface area contributed by atoms with Crippen molar-refractivity contribution >= 4 is 5.97 Å². The normalized spacial score (nSPS) is 12.0. The Bertz CT molecular complexity index is 352. The largest absolute Gasteiger partial charge is 0.481 e. The number of aliphatic carboxylic acids is 1. The Kier molecular flexibility index (Phi) is 5.41. The molecule has 0 bridgehead atoms. The number of hydrogen-bond donors (Lipinski definition) is 1. The second-order valence-corrected chi connectivity index (χ2v) is 5.81. The van der Waals surface area contributed by atoms with Gasteiger partial charge in [-0.05, 0) is 30.5 Å². The van der Waals surface area contributed by atoms with Crippen molar-refractivity contribution in [2.45, 2.75) is 40.2 Å². The monoisotopic (exact) mass is 253 g/mol. The van der Waals surface area contributed by atoms with E-state index in [1.165, 1.54) is 0 Å². The summed E-state index contributed by atoms with van der Waals surface area (Å²) in [5, 5.41) is 8.77. The van der Waals surface area contributed by atoms with E-state index in [1.807, 2.05) is 12.1 Å². The molecule has 0 spiro atoms. The molecule has 4 nitrogen and oxygen atoms in total. The molecular weight excluding hydrogens is 230 g/mol. The summed E-state index contributed by atoms with van der Waals surface area (Å²) in [6.07, 6.45) is 2.85. The highest BCUT2D eigenvalue weighted by Gasteiger charge is 2.15. The van der Waals surface area contributed by atoms with Gasteiger partial charge in [0.25, 0.3) is 0 Å². The highest BCUT2D eigenvalue weighted by molar-refractivity contribution is 5.66. The molecule has 1 rings (SSSR count). The Morgan fingerprint density at radius 2 is 2.11 bits per heavy atom. The minimum absolute atomic E-state index is 0.171. The third kappa shape index (κ3) is 6.45. The van der Waals surface area contributed by atoms with Crippen LogP contribution >= 0.6 is 0 Å². The molecule has 0 aromatic carbocycles. The Hall–Kier alpha value is -1.29. The van der Waals surface area contributed by atoms with Gasteiger partial charge in [-0.25, -0.2) is 0 Å². The molecule has 0 radical (unpaired) electrons. The number of carbonyl (C=O) groups is 1. The van der Waals surface area contributed by atoms with Crippen LogP contribution in [0.4, 0.5) is 0 Å². The molecule has 1 aromatic rings. The molecule has 0 unspecified atom stereocenters. The summed E-state index contributed by atoms with van der Waals surface area (Å²) in [5.41, 5.74) is 0.255. The third-order valence-corrected chi connectivity index (χ3v) is 2.78. The van der Waals surface area contributed by atoms with Crippen molar-refractivity contribution < 1.29 is 14.3 Å². The Balaban J connectivity index is 2.48. The first kappa shape index (κ1) is 14.8. The molecule has 0 atom stereocenters. The average molecular weight is 253 g/mol. The molecule has 0 saturated heterocycles. The van der Waals surface area contributed by atoms with Crippen molar-refractivity contribution in [2.75, 3.05) is 13.1 Å². The second kappa shape index (κ2) is 6.59. The molecule has 4 heteroatoms. The molecule has 0 aliphatic rings. The van der Waals surface area contributed by atoms with Crippen molar-refractivity contribution in [1.29, 1.82) is 0 Å². The van der Waals surface area contributed by atoms with Gasteiger partial charge in [-0.3, -0.25) is 9.69 Å². The Morgan fingerprint density at radius 1 is 1.39 bits per heavy atom. The van der Waals surface area contributed by atoms with Crippen molar-refractivity contribution in [3.05, 3.63) is 24.2 Å². The minimum atomic E-state index is -0.754. The standard InChI is InChI=1S/C14H23NO3/c1-14(2,3)7-9-15(8-6-13(16)17)11-12-5-4-10-18-12/h4-5,10H,6-9,11H2,1-3H3,(H,16,17). The van der Waals surface area contributed by atoms with Crippen LogP contribution in [0.2, 0.25) is 0 Å². The van der Waals surface area contributed by atoms with Crippen LogP contribution in [0.1, 0.15) is 39.4 Å². The van der Waals surface area contributed by atoms with Crippen LogP contribution in [0.25, 0.3) is 0 Å². The molecule has 0 fully saturated rings. The summed E-state index contributed by atoms with van der Waals surface area (Å²) in [5.74, 6) is 0.129. The number of nitrogens with zero attached hydrogens (tertiary/aromatic N) is 1. The molecule has 1 N–H and O–H groups in total. The molecule has 0 aliphatic carbocycles. The van der Waals surface area contributed by atoms with E-state index in [4.69, 9.17) is 9.52 Å². The Morgan fingerprint density at radius 3 is 2.61 bits per heavy atom. The van der Waals surface area contributed by atoms with E-state index in [9.17, 15) is 4.79 Å². The van der Waals surface area contributed by atoms with Crippen LogP contribution in [-0.4, -0.2) is 29.1 Å². The fourth-order valence-electron chi connectivity index (χ4n) is 1.64. The topological polar surface area (TPSA) is 53.7 Å². The highest BCUT2D eigenvalue weighted by Crippen LogP contribution is 2.19. The van der Waals surface area contributed by atoms with Crippen LogP contribution in [0.3, 0.4) is 0 Å². The predicted octanol–water partition coefficient (Wildman–Crippen LogP) is 2.99. The van der Waals surface area contributed by atoms with E-state index in [-0.39, 0.29) is 11.8 Å². The van der Waals surface area contributed by atoms with Crippen molar-refractivity contribution in [1.82, 2.24) is 4.90 Å². The van der Waals surface area contributed by atoms with Crippen molar-refractivity contribution in [2.24, 2.45) is 5.41 Å². The van der Waals surface area contributed by atoms with Gasteiger partial charge in [0.05, 0.1) is 19.2 Å². The van der Waals surface area contributed by atoms with E-state index >= 15 is 0 Å². The van der Waals surface area contributed by atoms with Gasteiger partial charge in [0, 0.05) is 6.54 Å². The molecule has 1 heterocycles. The van der Waals surface area contributed by atoms with Gasteiger partial charge < -0.3 is 9.52 Å². The lowest BCUT2D eigenvalue weighted by Crippen LogP contribution is -2.29. The van der Waals surface area contributed by atoms with Crippen LogP contribution in [-0.2, 0) is 11.3 Å². The lowest BCUT2D eigenvalue weighted by molar-refractivity contribution is -0.137. The molecular formula is C14H23NO3. The number of hydrogen-bond acceptors (Lipinski definition) is 3. The first-order valence-electron chi connectivity index (χ1n) is 6.33. The molecule has 18 heavy (non-hydrogen) atoms. The SMILES string of the molecule is CC(C)(C)CCN(CCC(=O)O)Cc1ccco1. The molecule has 0 aliphatic heterocycles. The zero-order valence-electron chi connectivity index (χ0n) is 11.5. The molecule has 102 valence electrons. The first-order valence-corrected chi connectivity index (χ1v) is 6.33. The zero-order valence-corrected chi connectivity index (χ0v) is 11.5. The summed E-state index contributed by atoms with van der Waals surface area (Å²) < 4.78 is 5.31. The van der Waals surface area contributed by atoms with Crippen LogP contribution in [0.5, 0.6) is 0 Å². The van der Waals surface area contributed by atoms with Gasteiger partial charge in [-0.1, -0.05) is 20.8 Å². The van der Waals surface area contributed by atoms with Gasteiger partial charge in [-0.2, -0.15) is 0 Å². The maximum Gasteiger partial charge on any atom is 0.304 e. The first-order chi connectivity index (χ1) is 8.37. The predicted molar refractivity (Wildman–Crippen MR) is 70.3 cm³/mol. The Labute approximate surface area is 109 Å². The summed E-state index contributed by atoms with van der Waals surface area (Å²) >= 11 is 0. The fourth-order valence-corrected chi connectivity index (χ4v) is 1.64. The van der Waals surface area contributed by atoms with E-state index in [0.717, 1.165) is 18.7 Å². The second-order valence-electron chi connectivity index (χ2n) is 5.81. The maximum atomic E-state index is 10.7. The van der Waals surface area contributed by atoms with Gasteiger partial charge in [0.15, 0.2) is 0 Å². The quantitative estimate of drug-likeness (QED) is 0.811. The minimum Gasteiger partial charge on any atom is -0.481 e. The van der Waals surface area contributed by atoms with Gasteiger partial charge >= 0.3 is 5.97 Å². The molecule has 0 saturated carbocycles. The van der Waals surface area contributed by atoms with Crippen LogP contribution in [0.15, 0.2) is 22.8 Å². The van der Waals surface area contributed by atoms with Crippen molar-refractivity contribution in [3.63, 3.8) is 0 Å². The third-order valence-electron chi connectivity index (χ3n) is 2.78. The van der Waals surface area contributed by atoms with Gasteiger partial charge in [0.2, 0.25) is 0 Å². The van der Waals surface area contributed by atoms with E-state index < -0.39 is 5.97 Å². The smallest absolute Gasteiger partial charge is 0.304 e. The average Bonchev–Trinajstić information content (AvgIpc) is 2.73. The van der Waals surface area contributed by atoms with Gasteiger partial charge in [-0.15, -0.1) is 0 Å². The van der Waals surface area contributed by atoms with Crippen molar-refractivity contribution in [3.8, 4) is 0 Å². The van der Waals surface area contributed by atoms with Gasteiger partial charge in [0.1, 0.15) is 5.76 Å². The lowest BCUT2D eigenvalue weighted by Gasteiger charge is -2.25. The van der Waals surface area contributed by atoms with Crippen LogP contribution in [0, 0.1) is 5.41 Å². The number of furan rings is 1. The van der Waals surface area contributed by atoms with E-state index in [1.54, 1.807) is 6.26 Å². The summed E-state index contributed by atoms with van der Waals surface area (Å²) in [6.45, 7) is 8.69. The van der Waals surface area contributed by atoms with E-state index in [2.05, 4.69) is 25.7 Å². The number of carboxylic acid groups (broad SMARTS) is 1. The molecule has 1 aromatic heterocycles. The number of rotatable bonds is 7. The van der Waals surface area contributed by atoms with Crippen LogP contribution < -0.4 is 0 Å². The fraction of sp³-hybridized carbons (Fsp3) is 0.643. The summed E-state index contributed by atoms with van der Waals surface area (Å²) in [7, 11) is 0. The summed E-state index contributed by atoms with van der Waals surface area (Å²) in [6, 6.07) is 3.78. The van der Waals surface area contributed by atoms with E-state index in [0.29, 0.717) is 13.1 Å². The summed E-state index contributed by atoms with van der Waals surface area (Å²) in [4.78, 5) is 12.8. The zero-order chi connectivity index (χ0) is 13.6. The lowest BCUT2D eigenvalue weighted by atomic mass is 9.92. The maximum absolute atomic E-state index is 10.7. The highest BCUT2D eigenvalue weighted by atomic mass is 16.4. The number of carboxylic acids is 1. The molecule has 0 amide bonds.